The number of carbonyl (C=O) groups excluding carboxylic acids is 5. The van der Waals surface area contributed by atoms with E-state index in [9.17, 15) is 28.8 Å². The Bertz CT molecular complexity index is 1130. The number of ether oxygens (including phenoxy) is 8. The van der Waals surface area contributed by atoms with Crippen LogP contribution in [0.4, 0.5) is 9.59 Å². The van der Waals surface area contributed by atoms with Crippen LogP contribution in [-0.4, -0.2) is 164 Å². The minimum atomic E-state index is -0.949. The maximum atomic E-state index is 13.0. The average molecular weight is 824 g/mol. The second-order valence-electron chi connectivity index (χ2n) is 14.4. The molecule has 5 amide bonds. The first kappa shape index (κ1) is 53.2. The maximum absolute atomic E-state index is 13.0. The molecule has 0 aromatic rings. The summed E-state index contributed by atoms with van der Waals surface area (Å²) in [5.74, 6) is -1.89. The number of aliphatic carboxylic acids is 1. The zero-order valence-electron chi connectivity index (χ0n) is 34.8. The predicted molar refractivity (Wildman–Crippen MR) is 207 cm³/mol. The van der Waals surface area contributed by atoms with E-state index in [2.05, 4.69) is 26.6 Å². The Balaban J connectivity index is 4.38. The molecule has 20 heteroatoms. The van der Waals surface area contributed by atoms with Gasteiger partial charge in [-0.05, 0) is 60.8 Å². The monoisotopic (exact) mass is 823 g/mol. The highest BCUT2D eigenvalue weighted by molar-refractivity contribution is 5.87. The number of alkyl carbamates (subject to hydrolysis) is 2. The summed E-state index contributed by atoms with van der Waals surface area (Å²) in [6.45, 7) is 14.5. The molecule has 0 aliphatic rings. The number of hydrogen-bond acceptors (Lipinski definition) is 14. The SMILES string of the molecule is CC(C)(C)OC(=O)NCCOCCOCCC(=O)NCCCC[C@@H](NC(=O)CCOCCOCCNC(=O)OC(C)(C)C)C(=O)NCCOCCOCCC(=O)O. The minimum absolute atomic E-state index is 0.0184. The fourth-order valence-corrected chi connectivity index (χ4v) is 4.23. The topological polar surface area (TPSA) is 257 Å². The molecule has 0 bridgehead atoms. The molecule has 57 heavy (non-hydrogen) atoms. The van der Waals surface area contributed by atoms with Crippen molar-refractivity contribution < 1.29 is 71.8 Å². The fourth-order valence-electron chi connectivity index (χ4n) is 4.23. The normalized spacial score (nSPS) is 12.0. The number of hydrogen-bond donors (Lipinski definition) is 6. The Kier molecular flexibility index (Phi) is 31.0. The number of unbranched alkanes of at least 4 members (excludes halogenated alkanes) is 1. The van der Waals surface area contributed by atoms with E-state index in [1.165, 1.54) is 0 Å². The molecule has 20 nitrogen and oxygen atoms in total. The summed E-state index contributed by atoms with van der Waals surface area (Å²) in [5, 5.41) is 22.1. The van der Waals surface area contributed by atoms with Crippen LogP contribution in [0.2, 0.25) is 0 Å². The van der Waals surface area contributed by atoms with Gasteiger partial charge in [-0.25, -0.2) is 9.59 Å². The second kappa shape index (κ2) is 33.2. The van der Waals surface area contributed by atoms with Gasteiger partial charge in [0.25, 0.3) is 0 Å². The number of amides is 5. The van der Waals surface area contributed by atoms with E-state index in [1.54, 1.807) is 41.5 Å². The standard InChI is InChI=1S/C37H69N5O15/c1-36(2,3)56-34(48)40-15-21-54-26-23-50-17-10-30(43)38-13-8-7-9-29(33(47)39-14-20-53-28-25-52-19-12-32(45)46)42-31(44)11-18-51-24-27-55-22-16-41-35(49)57-37(4,5)6/h29H,7-28H2,1-6H3,(H,38,43)(H,39,47)(H,40,48)(H,41,49)(H,42,44)(H,45,46)/t29-/m1/s1. The van der Waals surface area contributed by atoms with Gasteiger partial charge in [0.15, 0.2) is 0 Å². The molecule has 0 aliphatic carbocycles. The van der Waals surface area contributed by atoms with Gasteiger partial charge in [0.1, 0.15) is 17.2 Å². The minimum Gasteiger partial charge on any atom is -0.481 e. The highest BCUT2D eigenvalue weighted by Crippen LogP contribution is 2.07. The number of nitrogens with one attached hydrogen (secondary N) is 5. The van der Waals surface area contributed by atoms with Crippen LogP contribution in [0.1, 0.15) is 80.1 Å². The van der Waals surface area contributed by atoms with Crippen molar-refractivity contribution in [1.82, 2.24) is 26.6 Å². The van der Waals surface area contributed by atoms with Gasteiger partial charge in [0.05, 0.1) is 85.7 Å². The average Bonchev–Trinajstić information content (AvgIpc) is 3.10. The Morgan fingerprint density at radius 2 is 0.877 bits per heavy atom. The van der Waals surface area contributed by atoms with Gasteiger partial charge in [-0.1, -0.05) is 0 Å². The molecule has 0 aromatic carbocycles. The molecule has 1 atom stereocenters. The zero-order valence-corrected chi connectivity index (χ0v) is 34.8. The van der Waals surface area contributed by atoms with Crippen LogP contribution in [0.5, 0.6) is 0 Å². The molecular weight excluding hydrogens is 754 g/mol. The van der Waals surface area contributed by atoms with Crippen molar-refractivity contribution in [3.8, 4) is 0 Å². The lowest BCUT2D eigenvalue weighted by Gasteiger charge is -2.19. The Hall–Kier alpha value is -3.82. The van der Waals surface area contributed by atoms with Crippen LogP contribution in [0.25, 0.3) is 0 Å². The van der Waals surface area contributed by atoms with E-state index in [1.807, 2.05) is 0 Å². The van der Waals surface area contributed by atoms with Crippen molar-refractivity contribution in [1.29, 1.82) is 0 Å². The smallest absolute Gasteiger partial charge is 0.407 e. The van der Waals surface area contributed by atoms with Crippen molar-refractivity contribution >= 4 is 35.9 Å². The van der Waals surface area contributed by atoms with Crippen LogP contribution < -0.4 is 26.6 Å². The van der Waals surface area contributed by atoms with Crippen LogP contribution in [0, 0.1) is 0 Å². The van der Waals surface area contributed by atoms with Crippen LogP contribution in [-0.2, 0) is 57.1 Å². The molecule has 0 aliphatic heterocycles. The van der Waals surface area contributed by atoms with E-state index in [0.717, 1.165) is 0 Å². The first-order chi connectivity index (χ1) is 27.0. The highest BCUT2D eigenvalue weighted by Gasteiger charge is 2.20. The van der Waals surface area contributed by atoms with Gasteiger partial charge in [0.2, 0.25) is 17.7 Å². The van der Waals surface area contributed by atoms with Gasteiger partial charge in [-0.2, -0.15) is 0 Å². The number of rotatable bonds is 34. The molecule has 0 heterocycles. The van der Waals surface area contributed by atoms with Crippen molar-refractivity contribution in [2.45, 2.75) is 97.3 Å². The van der Waals surface area contributed by atoms with Crippen molar-refractivity contribution in [3.63, 3.8) is 0 Å². The molecule has 0 radical (unpaired) electrons. The third kappa shape index (κ3) is 38.8. The quantitative estimate of drug-likeness (QED) is 0.0500. The molecule has 0 aromatic heterocycles. The zero-order chi connectivity index (χ0) is 42.8. The molecule has 0 saturated heterocycles. The highest BCUT2D eigenvalue weighted by atomic mass is 16.6. The number of carboxylic acid groups (broad SMARTS) is 1. The third-order valence-electron chi connectivity index (χ3n) is 6.79. The van der Waals surface area contributed by atoms with Gasteiger partial charge in [-0.15, -0.1) is 0 Å². The van der Waals surface area contributed by atoms with Crippen LogP contribution in [0.15, 0.2) is 0 Å². The molecule has 0 unspecified atom stereocenters. The van der Waals surface area contributed by atoms with E-state index in [0.29, 0.717) is 52.2 Å². The molecule has 0 spiro atoms. The van der Waals surface area contributed by atoms with Gasteiger partial charge in [-0.3, -0.25) is 19.2 Å². The summed E-state index contributed by atoms with van der Waals surface area (Å²) in [5.41, 5.74) is -1.16. The van der Waals surface area contributed by atoms with E-state index in [-0.39, 0.29) is 110 Å². The molecular formula is C37H69N5O15. The van der Waals surface area contributed by atoms with E-state index >= 15 is 0 Å². The third-order valence-corrected chi connectivity index (χ3v) is 6.79. The first-order valence-corrected chi connectivity index (χ1v) is 19.4. The second-order valence-corrected chi connectivity index (χ2v) is 14.4. The lowest BCUT2D eigenvalue weighted by atomic mass is 10.1. The lowest BCUT2D eigenvalue weighted by molar-refractivity contribution is -0.138. The predicted octanol–water partition coefficient (Wildman–Crippen LogP) is 1.28. The van der Waals surface area contributed by atoms with E-state index in [4.69, 9.17) is 43.0 Å². The Morgan fingerprint density at radius 3 is 1.32 bits per heavy atom. The summed E-state index contributed by atoms with van der Waals surface area (Å²) in [6.07, 6.45) is 0.476. The molecule has 0 saturated carbocycles. The molecule has 0 rings (SSSR count). The number of carboxylic acids is 1. The summed E-state index contributed by atoms with van der Waals surface area (Å²) in [4.78, 5) is 71.6. The van der Waals surface area contributed by atoms with Crippen molar-refractivity contribution in [3.05, 3.63) is 0 Å². The first-order valence-electron chi connectivity index (χ1n) is 19.4. The lowest BCUT2D eigenvalue weighted by Crippen LogP contribution is -2.47. The van der Waals surface area contributed by atoms with Crippen LogP contribution in [0.3, 0.4) is 0 Å². The molecule has 332 valence electrons. The Morgan fingerprint density at radius 1 is 0.474 bits per heavy atom. The summed E-state index contributed by atoms with van der Waals surface area (Å²) in [6, 6.07) is -0.822. The molecule has 6 N–H and O–H groups in total. The fraction of sp³-hybridized carbons (Fsp3) is 0.838. The largest absolute Gasteiger partial charge is 0.481 e. The van der Waals surface area contributed by atoms with Gasteiger partial charge in [0, 0.05) is 39.0 Å². The Labute approximate surface area is 336 Å². The van der Waals surface area contributed by atoms with E-state index < -0.39 is 35.4 Å². The number of carbonyl (C=O) groups is 6. The van der Waals surface area contributed by atoms with Crippen molar-refractivity contribution in [2.24, 2.45) is 0 Å². The van der Waals surface area contributed by atoms with Gasteiger partial charge >= 0.3 is 18.2 Å². The summed E-state index contributed by atoms with van der Waals surface area (Å²) < 4.78 is 42.5. The summed E-state index contributed by atoms with van der Waals surface area (Å²) >= 11 is 0. The summed E-state index contributed by atoms with van der Waals surface area (Å²) in [7, 11) is 0. The molecule has 0 fully saturated rings. The van der Waals surface area contributed by atoms with Gasteiger partial charge < -0.3 is 69.6 Å². The van der Waals surface area contributed by atoms with Crippen molar-refractivity contribution in [2.75, 3.05) is 105 Å². The maximum Gasteiger partial charge on any atom is 0.407 e. The van der Waals surface area contributed by atoms with Crippen LogP contribution >= 0.6 is 0 Å².